The molecule has 156 valence electrons. The fraction of sp³-hybridized carbons (Fsp3) is 0.200. The Morgan fingerprint density at radius 3 is 2.50 bits per heavy atom. The van der Waals surface area contributed by atoms with Gasteiger partial charge in [0.1, 0.15) is 15.9 Å². The summed E-state index contributed by atoms with van der Waals surface area (Å²) in [5.41, 5.74) is 1.88. The van der Waals surface area contributed by atoms with Crippen molar-refractivity contribution in [3.63, 3.8) is 0 Å². The molecule has 30 heavy (non-hydrogen) atoms. The van der Waals surface area contributed by atoms with Crippen molar-refractivity contribution in [2.75, 3.05) is 17.5 Å². The Balaban J connectivity index is 1.82. The normalized spacial score (nSPS) is 11.3. The third-order valence-corrected chi connectivity index (χ3v) is 6.09. The van der Waals surface area contributed by atoms with Crippen molar-refractivity contribution in [3.05, 3.63) is 64.7 Å². The van der Waals surface area contributed by atoms with Gasteiger partial charge in [0.15, 0.2) is 15.6 Å². The zero-order chi connectivity index (χ0) is 21.7. The van der Waals surface area contributed by atoms with E-state index in [1.54, 1.807) is 6.07 Å². The summed E-state index contributed by atoms with van der Waals surface area (Å²) in [5, 5.41) is 12.1. The predicted octanol–water partition coefficient (Wildman–Crippen LogP) is 3.35. The Bertz CT molecular complexity index is 1180. The van der Waals surface area contributed by atoms with E-state index in [0.717, 1.165) is 16.8 Å². The van der Waals surface area contributed by atoms with E-state index in [1.165, 1.54) is 23.5 Å². The summed E-state index contributed by atoms with van der Waals surface area (Å²) in [6.45, 7) is 0. The van der Waals surface area contributed by atoms with Crippen LogP contribution in [0.2, 0.25) is 0 Å². The lowest BCUT2D eigenvalue weighted by Crippen LogP contribution is -2.16. The molecule has 0 aliphatic carbocycles. The van der Waals surface area contributed by atoms with Crippen LogP contribution in [0.3, 0.4) is 0 Å². The molecule has 0 aliphatic rings. The molecule has 1 N–H and O–H groups in total. The van der Waals surface area contributed by atoms with Crippen molar-refractivity contribution in [1.82, 2.24) is 10.2 Å². The number of nitrogens with zero attached hydrogens (tertiary/aromatic N) is 2. The molecule has 7 nitrogen and oxygen atoms in total. The van der Waals surface area contributed by atoms with Crippen LogP contribution >= 0.6 is 22.9 Å². The van der Waals surface area contributed by atoms with Crippen LogP contribution in [-0.4, -0.2) is 42.4 Å². The minimum atomic E-state index is -3.33. The zero-order valence-corrected chi connectivity index (χ0v) is 18.4. The number of anilines is 1. The molecular weight excluding hydrogens is 446 g/mol. The first-order valence-corrected chi connectivity index (χ1v) is 12.2. The first kappa shape index (κ1) is 22.1. The van der Waals surface area contributed by atoms with Gasteiger partial charge in [0.2, 0.25) is 5.91 Å². The van der Waals surface area contributed by atoms with E-state index in [0.29, 0.717) is 16.1 Å². The van der Waals surface area contributed by atoms with Gasteiger partial charge in [0, 0.05) is 23.1 Å². The van der Waals surface area contributed by atoms with Crippen LogP contribution in [0.25, 0.3) is 10.6 Å². The van der Waals surface area contributed by atoms with Crippen molar-refractivity contribution in [1.29, 1.82) is 0 Å². The molecule has 1 aromatic heterocycles. The summed E-state index contributed by atoms with van der Waals surface area (Å²) in [7, 11) is -3.33. The van der Waals surface area contributed by atoms with Crippen LogP contribution < -0.4 is 5.32 Å². The molecule has 0 radical (unpaired) electrons. The van der Waals surface area contributed by atoms with Gasteiger partial charge in [-0.3, -0.25) is 9.59 Å². The highest BCUT2D eigenvalue weighted by molar-refractivity contribution is 7.89. The molecule has 0 saturated heterocycles. The SMILES string of the molecule is CS(=O)(=O)Cc1ccc(C(=O)Cc2nnc(-c3ccccc3)s2)cc1NC(=O)CCl. The molecule has 0 bridgehead atoms. The second kappa shape index (κ2) is 9.46. The zero-order valence-electron chi connectivity index (χ0n) is 16.0. The Morgan fingerprint density at radius 2 is 1.83 bits per heavy atom. The van der Waals surface area contributed by atoms with Gasteiger partial charge in [-0.1, -0.05) is 53.8 Å². The maximum atomic E-state index is 12.7. The van der Waals surface area contributed by atoms with Gasteiger partial charge >= 0.3 is 0 Å². The number of halogens is 1. The molecule has 10 heteroatoms. The van der Waals surface area contributed by atoms with Gasteiger partial charge in [-0.2, -0.15) is 0 Å². The van der Waals surface area contributed by atoms with E-state index in [1.807, 2.05) is 30.3 Å². The van der Waals surface area contributed by atoms with E-state index in [-0.39, 0.29) is 29.5 Å². The van der Waals surface area contributed by atoms with E-state index in [2.05, 4.69) is 15.5 Å². The number of carbonyl (C=O) groups is 2. The molecule has 1 heterocycles. The highest BCUT2D eigenvalue weighted by atomic mass is 35.5. The molecular formula is C20H18ClN3O4S2. The number of nitrogens with one attached hydrogen (secondary N) is 1. The molecule has 0 aliphatic heterocycles. The van der Waals surface area contributed by atoms with Crippen LogP contribution in [0.5, 0.6) is 0 Å². The number of hydrogen-bond donors (Lipinski definition) is 1. The van der Waals surface area contributed by atoms with Gasteiger partial charge in [0.05, 0.1) is 12.2 Å². The molecule has 0 spiro atoms. The maximum absolute atomic E-state index is 12.7. The molecule has 0 atom stereocenters. The van der Waals surface area contributed by atoms with Crippen LogP contribution in [0.4, 0.5) is 5.69 Å². The van der Waals surface area contributed by atoms with Crippen molar-refractivity contribution < 1.29 is 18.0 Å². The van der Waals surface area contributed by atoms with Gasteiger partial charge in [-0.25, -0.2) is 8.42 Å². The monoisotopic (exact) mass is 463 g/mol. The lowest BCUT2D eigenvalue weighted by molar-refractivity contribution is -0.113. The van der Waals surface area contributed by atoms with Gasteiger partial charge in [-0.05, 0) is 11.6 Å². The van der Waals surface area contributed by atoms with E-state index in [9.17, 15) is 18.0 Å². The van der Waals surface area contributed by atoms with Gasteiger partial charge in [-0.15, -0.1) is 21.8 Å². The first-order valence-electron chi connectivity index (χ1n) is 8.82. The molecule has 2 aromatic carbocycles. The summed E-state index contributed by atoms with van der Waals surface area (Å²) in [5.74, 6) is -1.27. The molecule has 3 rings (SSSR count). The predicted molar refractivity (Wildman–Crippen MR) is 118 cm³/mol. The number of rotatable bonds is 8. The molecule has 0 unspecified atom stereocenters. The van der Waals surface area contributed by atoms with Crippen LogP contribution in [0.15, 0.2) is 48.5 Å². The smallest absolute Gasteiger partial charge is 0.239 e. The quantitative estimate of drug-likeness (QED) is 0.405. The lowest BCUT2D eigenvalue weighted by Gasteiger charge is -2.11. The minimum Gasteiger partial charge on any atom is -0.325 e. The fourth-order valence-electron chi connectivity index (χ4n) is 2.72. The van der Waals surface area contributed by atoms with E-state index < -0.39 is 15.7 Å². The number of hydrogen-bond acceptors (Lipinski definition) is 7. The van der Waals surface area contributed by atoms with E-state index in [4.69, 9.17) is 11.6 Å². The Hall–Kier alpha value is -2.62. The average Bonchev–Trinajstić information content (AvgIpc) is 3.17. The van der Waals surface area contributed by atoms with Crippen molar-refractivity contribution in [2.45, 2.75) is 12.2 Å². The second-order valence-corrected chi connectivity index (χ2v) is 10.1. The largest absolute Gasteiger partial charge is 0.325 e. The van der Waals surface area contributed by atoms with Crippen LogP contribution in [-0.2, 0) is 26.8 Å². The molecule has 0 saturated carbocycles. The summed E-state index contributed by atoms with van der Waals surface area (Å²) in [6, 6.07) is 14.1. The fourth-order valence-corrected chi connectivity index (χ4v) is 4.45. The summed E-state index contributed by atoms with van der Waals surface area (Å²) >= 11 is 6.87. The number of ketones is 1. The standard InChI is InChI=1S/C20H18ClN3O4S2/c1-30(27,28)12-15-8-7-14(9-16(15)22-18(26)11-21)17(25)10-19-23-24-20(29-19)13-5-3-2-4-6-13/h2-9H,10-12H2,1H3,(H,22,26). The van der Waals surface area contributed by atoms with Crippen molar-refractivity contribution in [3.8, 4) is 10.6 Å². The molecule has 0 fully saturated rings. The second-order valence-electron chi connectivity index (χ2n) is 6.59. The number of benzene rings is 2. The van der Waals surface area contributed by atoms with Crippen LogP contribution in [0.1, 0.15) is 20.9 Å². The highest BCUT2D eigenvalue weighted by Gasteiger charge is 2.17. The minimum absolute atomic E-state index is 0.0405. The summed E-state index contributed by atoms with van der Waals surface area (Å²) < 4.78 is 23.3. The third-order valence-electron chi connectivity index (χ3n) is 4.04. The summed E-state index contributed by atoms with van der Waals surface area (Å²) in [6.07, 6.45) is 1.14. The van der Waals surface area contributed by atoms with Crippen molar-refractivity contribution >= 4 is 50.2 Å². The van der Waals surface area contributed by atoms with Gasteiger partial charge in [0.25, 0.3) is 0 Å². The van der Waals surface area contributed by atoms with Crippen molar-refractivity contribution in [2.24, 2.45) is 0 Å². The molecule has 1 amide bonds. The number of sulfone groups is 1. The van der Waals surface area contributed by atoms with E-state index >= 15 is 0 Å². The Labute approximate surface area is 183 Å². The Morgan fingerprint density at radius 1 is 1.10 bits per heavy atom. The summed E-state index contributed by atoms with van der Waals surface area (Å²) in [4.78, 5) is 24.5. The number of carbonyl (C=O) groups excluding carboxylic acids is 2. The number of Topliss-reactive ketones (excluding diaryl/α,β-unsaturated/α-hetero) is 1. The number of aromatic nitrogens is 2. The highest BCUT2D eigenvalue weighted by Crippen LogP contribution is 2.25. The lowest BCUT2D eigenvalue weighted by atomic mass is 10.0. The van der Waals surface area contributed by atoms with Gasteiger partial charge < -0.3 is 5.32 Å². The third kappa shape index (κ3) is 5.94. The molecule has 3 aromatic rings. The topological polar surface area (TPSA) is 106 Å². The Kier molecular flexibility index (Phi) is 6.96. The maximum Gasteiger partial charge on any atom is 0.239 e. The first-order chi connectivity index (χ1) is 14.2. The number of alkyl halides is 1. The van der Waals surface area contributed by atoms with Crippen LogP contribution in [0, 0.1) is 0 Å². The number of amides is 1. The average molecular weight is 464 g/mol.